The number of H-pyrrole nitrogens is 1. The molecule has 0 fully saturated rings. The summed E-state index contributed by atoms with van der Waals surface area (Å²) in [6.07, 6.45) is 0. The molecule has 0 saturated carbocycles. The second kappa shape index (κ2) is 5.95. The Morgan fingerprint density at radius 3 is 2.67 bits per heavy atom. The molecule has 3 aromatic rings. The molecule has 4 N–H and O–H groups in total. The molecule has 3 rings (SSSR count). The number of nitrogens with one attached hydrogen (secondary N) is 3. The number of carbonyl (C=O) groups excluding carboxylic acids is 1. The number of anilines is 3. The van der Waals surface area contributed by atoms with E-state index < -0.39 is 17.3 Å². The summed E-state index contributed by atoms with van der Waals surface area (Å²) in [5.74, 6) is -0.914. The van der Waals surface area contributed by atoms with Crippen molar-refractivity contribution in [3.63, 3.8) is 0 Å². The highest BCUT2D eigenvalue weighted by molar-refractivity contribution is 5.89. The molecule has 0 atom stereocenters. The van der Waals surface area contributed by atoms with E-state index in [-0.39, 0.29) is 17.6 Å². The summed E-state index contributed by atoms with van der Waals surface area (Å²) < 4.78 is 0. The molecular weight excluding hydrogens is 312 g/mol. The van der Waals surface area contributed by atoms with Crippen molar-refractivity contribution in [3.8, 4) is 5.88 Å². The molecule has 0 spiro atoms. The first-order valence-corrected chi connectivity index (χ1v) is 7.05. The van der Waals surface area contributed by atoms with E-state index in [0.29, 0.717) is 0 Å². The number of aryl methyl sites for hydroxylation is 1. The van der Waals surface area contributed by atoms with E-state index in [0.717, 1.165) is 16.6 Å². The lowest BCUT2D eigenvalue weighted by molar-refractivity contribution is -0.114. The van der Waals surface area contributed by atoms with Crippen LogP contribution in [0.1, 0.15) is 12.6 Å². The zero-order valence-corrected chi connectivity index (χ0v) is 12.9. The molecule has 1 amide bonds. The molecule has 0 radical (unpaired) electrons. The van der Waals surface area contributed by atoms with Crippen molar-refractivity contribution in [3.05, 3.63) is 40.3 Å². The average Bonchev–Trinajstić information content (AvgIpc) is 2.51. The van der Waals surface area contributed by atoms with Gasteiger partial charge in [-0.1, -0.05) is 18.2 Å². The second-order valence-corrected chi connectivity index (χ2v) is 5.07. The number of carbonyl (C=O) groups is 1. The maximum absolute atomic E-state index is 11.9. The summed E-state index contributed by atoms with van der Waals surface area (Å²) in [6, 6.07) is 7.49. The highest BCUT2D eigenvalue weighted by atomic mass is 16.3. The van der Waals surface area contributed by atoms with Gasteiger partial charge < -0.3 is 10.4 Å². The summed E-state index contributed by atoms with van der Waals surface area (Å²) in [4.78, 5) is 37.7. The van der Waals surface area contributed by atoms with Gasteiger partial charge in [0.05, 0.1) is 11.2 Å². The van der Waals surface area contributed by atoms with Crippen LogP contribution < -0.4 is 16.2 Å². The molecule has 9 heteroatoms. The quantitative estimate of drug-likeness (QED) is 0.572. The smallest absolute Gasteiger partial charge is 0.280 e. The predicted molar refractivity (Wildman–Crippen MR) is 88.4 cm³/mol. The number of para-hydroxylation sites is 1. The lowest BCUT2D eigenvalue weighted by Crippen LogP contribution is -2.19. The molecule has 2 heterocycles. The molecule has 0 aliphatic carbocycles. The highest BCUT2D eigenvalue weighted by Crippen LogP contribution is 2.20. The molecule has 9 nitrogen and oxygen atoms in total. The van der Waals surface area contributed by atoms with Crippen molar-refractivity contribution >= 4 is 34.4 Å². The normalized spacial score (nSPS) is 10.6. The van der Waals surface area contributed by atoms with E-state index in [1.165, 1.54) is 6.92 Å². The zero-order valence-electron chi connectivity index (χ0n) is 12.9. The Morgan fingerprint density at radius 1 is 1.21 bits per heavy atom. The number of fused-ring (bicyclic) bond motifs is 1. The van der Waals surface area contributed by atoms with Crippen LogP contribution in [0.2, 0.25) is 0 Å². The average molecular weight is 326 g/mol. The minimum Gasteiger partial charge on any atom is -0.492 e. The van der Waals surface area contributed by atoms with Crippen molar-refractivity contribution in [2.45, 2.75) is 13.8 Å². The van der Waals surface area contributed by atoms with Gasteiger partial charge in [-0.2, -0.15) is 4.98 Å². The van der Waals surface area contributed by atoms with Crippen LogP contribution in [-0.4, -0.2) is 30.9 Å². The molecular formula is C15H14N6O3. The van der Waals surface area contributed by atoms with Crippen molar-refractivity contribution in [1.29, 1.82) is 0 Å². The number of aromatic nitrogens is 4. The Balaban J connectivity index is 1.97. The van der Waals surface area contributed by atoms with Gasteiger partial charge in [0, 0.05) is 12.3 Å². The van der Waals surface area contributed by atoms with Gasteiger partial charge in [-0.15, -0.1) is 0 Å². The maximum Gasteiger partial charge on any atom is 0.280 e. The van der Waals surface area contributed by atoms with E-state index in [2.05, 4.69) is 30.6 Å². The number of rotatable bonds is 3. The Bertz CT molecular complexity index is 998. The van der Waals surface area contributed by atoms with Crippen LogP contribution in [0.25, 0.3) is 10.9 Å². The Labute approximate surface area is 135 Å². The van der Waals surface area contributed by atoms with Gasteiger partial charge in [0.15, 0.2) is 5.69 Å². The summed E-state index contributed by atoms with van der Waals surface area (Å²) >= 11 is 0. The van der Waals surface area contributed by atoms with Gasteiger partial charge in [0.1, 0.15) is 0 Å². The van der Waals surface area contributed by atoms with Gasteiger partial charge >= 0.3 is 0 Å². The minimum absolute atomic E-state index is 0.0405. The molecule has 0 aliphatic heterocycles. The van der Waals surface area contributed by atoms with Crippen molar-refractivity contribution in [1.82, 2.24) is 19.9 Å². The van der Waals surface area contributed by atoms with Gasteiger partial charge in [0.2, 0.25) is 23.7 Å². The third-order valence-electron chi connectivity index (χ3n) is 3.23. The van der Waals surface area contributed by atoms with Crippen LogP contribution >= 0.6 is 0 Å². The van der Waals surface area contributed by atoms with Crippen LogP contribution in [0, 0.1) is 6.92 Å². The third-order valence-corrected chi connectivity index (χ3v) is 3.23. The number of amides is 1. The SMILES string of the molecule is CC(=O)Nc1c(O)nc(Nc2nc(C)c3ccccc3n2)[nH]c1=O. The lowest BCUT2D eigenvalue weighted by atomic mass is 10.2. The third kappa shape index (κ3) is 3.00. The van der Waals surface area contributed by atoms with E-state index in [4.69, 9.17) is 0 Å². The van der Waals surface area contributed by atoms with Gasteiger partial charge in [-0.05, 0) is 13.0 Å². The van der Waals surface area contributed by atoms with Crippen LogP contribution in [0.4, 0.5) is 17.6 Å². The van der Waals surface area contributed by atoms with E-state index in [1.54, 1.807) is 0 Å². The summed E-state index contributed by atoms with van der Waals surface area (Å²) in [5.41, 5.74) is 0.472. The number of benzene rings is 1. The molecule has 24 heavy (non-hydrogen) atoms. The van der Waals surface area contributed by atoms with Gasteiger partial charge in [-0.3, -0.25) is 19.9 Å². The molecule has 1 aromatic carbocycles. The lowest BCUT2D eigenvalue weighted by Gasteiger charge is -2.09. The van der Waals surface area contributed by atoms with Crippen molar-refractivity contribution in [2.24, 2.45) is 0 Å². The molecule has 0 saturated heterocycles. The fourth-order valence-corrected chi connectivity index (χ4v) is 2.21. The summed E-state index contributed by atoms with van der Waals surface area (Å²) in [5, 5.41) is 15.7. The second-order valence-electron chi connectivity index (χ2n) is 5.07. The number of nitrogens with zero attached hydrogens (tertiary/aromatic N) is 3. The topological polar surface area (TPSA) is 133 Å². The summed E-state index contributed by atoms with van der Waals surface area (Å²) in [7, 11) is 0. The van der Waals surface area contributed by atoms with E-state index >= 15 is 0 Å². The van der Waals surface area contributed by atoms with Gasteiger partial charge in [-0.25, -0.2) is 9.97 Å². The van der Waals surface area contributed by atoms with Crippen LogP contribution in [0.15, 0.2) is 29.1 Å². The number of aromatic hydroxyl groups is 1. The largest absolute Gasteiger partial charge is 0.492 e. The first-order valence-electron chi connectivity index (χ1n) is 7.05. The fraction of sp³-hybridized carbons (Fsp3) is 0.133. The Kier molecular flexibility index (Phi) is 3.82. The van der Waals surface area contributed by atoms with Crippen molar-refractivity contribution < 1.29 is 9.90 Å². The molecule has 2 aromatic heterocycles. The van der Waals surface area contributed by atoms with Crippen LogP contribution in [0.5, 0.6) is 5.88 Å². The minimum atomic E-state index is -0.697. The predicted octanol–water partition coefficient (Wildman–Crippen LogP) is 1.43. The Morgan fingerprint density at radius 2 is 1.96 bits per heavy atom. The Hall–Kier alpha value is -3.49. The monoisotopic (exact) mass is 326 g/mol. The fourth-order valence-electron chi connectivity index (χ4n) is 2.21. The first kappa shape index (κ1) is 15.4. The van der Waals surface area contributed by atoms with Crippen LogP contribution in [0.3, 0.4) is 0 Å². The zero-order chi connectivity index (χ0) is 17.3. The number of aromatic amines is 1. The first-order chi connectivity index (χ1) is 11.4. The molecule has 122 valence electrons. The highest BCUT2D eigenvalue weighted by Gasteiger charge is 2.13. The summed E-state index contributed by atoms with van der Waals surface area (Å²) in [6.45, 7) is 3.06. The van der Waals surface area contributed by atoms with Crippen molar-refractivity contribution in [2.75, 3.05) is 10.6 Å². The van der Waals surface area contributed by atoms with Crippen LogP contribution in [-0.2, 0) is 4.79 Å². The maximum atomic E-state index is 11.9. The molecule has 0 aliphatic rings. The van der Waals surface area contributed by atoms with Gasteiger partial charge in [0.25, 0.3) is 5.56 Å². The van der Waals surface area contributed by atoms with E-state index in [9.17, 15) is 14.7 Å². The number of hydrogen-bond donors (Lipinski definition) is 4. The number of hydrogen-bond acceptors (Lipinski definition) is 7. The standard InChI is InChI=1S/C15H14N6O3/c1-7-9-5-3-4-6-10(9)18-14(16-7)21-15-19-12(23)11(13(24)20-15)17-8(2)22/h3-6H,1-2H3,(H,17,22)(H3,16,18,19,20,21,23,24). The molecule has 0 unspecified atom stereocenters. The molecule has 0 bridgehead atoms. The van der Waals surface area contributed by atoms with E-state index in [1.807, 2.05) is 31.2 Å².